The molecule has 0 radical (unpaired) electrons. The van der Waals surface area contributed by atoms with Gasteiger partial charge in [-0.05, 0) is 44.7 Å². The molecule has 120 valence electrons. The fraction of sp³-hybridized carbons (Fsp3) is 0.875. The number of carbonyl (C=O) groups is 2. The van der Waals surface area contributed by atoms with Gasteiger partial charge < -0.3 is 15.1 Å². The van der Waals surface area contributed by atoms with E-state index in [1.807, 2.05) is 11.8 Å². The molecule has 2 amide bonds. The zero-order chi connectivity index (χ0) is 15.6. The summed E-state index contributed by atoms with van der Waals surface area (Å²) in [5.74, 6) is 0.995. The van der Waals surface area contributed by atoms with Gasteiger partial charge in [-0.25, -0.2) is 0 Å². The number of nitrogens with one attached hydrogen (secondary N) is 1. The van der Waals surface area contributed by atoms with E-state index in [9.17, 15) is 9.59 Å². The minimum absolute atomic E-state index is 0.00871. The molecule has 0 bridgehead atoms. The third-order valence-corrected chi connectivity index (χ3v) is 4.72. The Labute approximate surface area is 128 Å². The molecule has 0 aromatic carbocycles. The maximum absolute atomic E-state index is 12.7. The summed E-state index contributed by atoms with van der Waals surface area (Å²) in [7, 11) is 0. The van der Waals surface area contributed by atoms with E-state index in [0.29, 0.717) is 11.8 Å². The zero-order valence-corrected chi connectivity index (χ0v) is 13.8. The molecular weight excluding hydrogens is 266 g/mol. The lowest BCUT2D eigenvalue weighted by molar-refractivity contribution is -0.149. The topological polar surface area (TPSA) is 52.6 Å². The number of hydrogen-bond donors (Lipinski definition) is 1. The Bertz CT molecular complexity index is 397. The summed E-state index contributed by atoms with van der Waals surface area (Å²) in [6, 6.07) is -0.672. The fourth-order valence-electron chi connectivity index (χ4n) is 3.39. The molecule has 2 aliphatic heterocycles. The Balaban J connectivity index is 2.01. The lowest BCUT2D eigenvalue weighted by Crippen LogP contribution is -2.63. The van der Waals surface area contributed by atoms with Crippen LogP contribution in [0.15, 0.2) is 0 Å². The van der Waals surface area contributed by atoms with E-state index in [1.54, 1.807) is 0 Å². The summed E-state index contributed by atoms with van der Waals surface area (Å²) in [5.41, 5.74) is 0. The van der Waals surface area contributed by atoms with E-state index in [0.717, 1.165) is 39.0 Å². The van der Waals surface area contributed by atoms with E-state index in [2.05, 4.69) is 31.0 Å². The van der Waals surface area contributed by atoms with Gasteiger partial charge in [0, 0.05) is 13.1 Å². The van der Waals surface area contributed by atoms with Crippen molar-refractivity contribution in [2.75, 3.05) is 26.2 Å². The van der Waals surface area contributed by atoms with Gasteiger partial charge in [-0.1, -0.05) is 20.8 Å². The van der Waals surface area contributed by atoms with Crippen molar-refractivity contribution in [1.29, 1.82) is 0 Å². The first-order chi connectivity index (χ1) is 9.92. The smallest absolute Gasteiger partial charge is 0.245 e. The minimum Gasteiger partial charge on any atom is -0.343 e. The van der Waals surface area contributed by atoms with Crippen LogP contribution in [-0.4, -0.2) is 59.9 Å². The fourth-order valence-corrected chi connectivity index (χ4v) is 3.39. The van der Waals surface area contributed by atoms with Gasteiger partial charge in [0.15, 0.2) is 0 Å². The van der Waals surface area contributed by atoms with Crippen molar-refractivity contribution < 1.29 is 9.59 Å². The second kappa shape index (κ2) is 6.77. The van der Waals surface area contributed by atoms with Crippen molar-refractivity contribution in [2.24, 2.45) is 11.8 Å². The Morgan fingerprint density at radius 2 is 2.05 bits per heavy atom. The summed E-state index contributed by atoms with van der Waals surface area (Å²) in [5, 5.41) is 2.88. The summed E-state index contributed by atoms with van der Waals surface area (Å²) in [6.45, 7) is 12.1. The molecule has 0 aromatic rings. The highest BCUT2D eigenvalue weighted by Crippen LogP contribution is 2.22. The van der Waals surface area contributed by atoms with Crippen LogP contribution in [0.5, 0.6) is 0 Å². The molecule has 3 unspecified atom stereocenters. The van der Waals surface area contributed by atoms with Crippen LogP contribution in [0.25, 0.3) is 0 Å². The van der Waals surface area contributed by atoms with Crippen LogP contribution in [-0.2, 0) is 9.59 Å². The molecule has 3 atom stereocenters. The highest BCUT2D eigenvalue weighted by molar-refractivity contribution is 5.96. The minimum atomic E-state index is -0.336. The van der Waals surface area contributed by atoms with Crippen LogP contribution >= 0.6 is 0 Å². The molecular formula is C16H29N3O2. The van der Waals surface area contributed by atoms with Crippen LogP contribution in [0.2, 0.25) is 0 Å². The Morgan fingerprint density at radius 1 is 1.33 bits per heavy atom. The van der Waals surface area contributed by atoms with Crippen molar-refractivity contribution in [3.63, 3.8) is 0 Å². The molecule has 0 aromatic heterocycles. The monoisotopic (exact) mass is 295 g/mol. The third kappa shape index (κ3) is 3.76. The Hall–Kier alpha value is -1.10. The first kappa shape index (κ1) is 16.3. The molecule has 21 heavy (non-hydrogen) atoms. The molecule has 2 aliphatic rings. The highest BCUT2D eigenvalue weighted by Gasteiger charge is 2.39. The Kier molecular flexibility index (Phi) is 5.25. The van der Waals surface area contributed by atoms with Crippen LogP contribution in [0.1, 0.15) is 40.5 Å². The zero-order valence-electron chi connectivity index (χ0n) is 13.8. The molecule has 5 nitrogen and oxygen atoms in total. The van der Waals surface area contributed by atoms with E-state index < -0.39 is 0 Å². The quantitative estimate of drug-likeness (QED) is 0.826. The van der Waals surface area contributed by atoms with Crippen molar-refractivity contribution in [1.82, 2.24) is 15.1 Å². The number of amides is 2. The largest absolute Gasteiger partial charge is 0.343 e. The summed E-state index contributed by atoms with van der Waals surface area (Å²) < 4.78 is 0. The molecule has 0 aliphatic carbocycles. The van der Waals surface area contributed by atoms with Gasteiger partial charge >= 0.3 is 0 Å². The molecule has 2 saturated heterocycles. The van der Waals surface area contributed by atoms with Gasteiger partial charge in [-0.15, -0.1) is 0 Å². The number of rotatable bonds is 5. The number of carbonyl (C=O) groups excluding carboxylic acids is 2. The van der Waals surface area contributed by atoms with Gasteiger partial charge in [-0.3, -0.25) is 9.59 Å². The van der Waals surface area contributed by atoms with Crippen LogP contribution in [0, 0.1) is 11.8 Å². The molecule has 1 N–H and O–H groups in total. The molecule has 2 rings (SSSR count). The number of nitrogens with zero attached hydrogens (tertiary/aromatic N) is 2. The van der Waals surface area contributed by atoms with E-state index >= 15 is 0 Å². The lowest BCUT2D eigenvalue weighted by Gasteiger charge is -2.39. The average Bonchev–Trinajstić information content (AvgIpc) is 2.88. The van der Waals surface area contributed by atoms with Crippen LogP contribution in [0.4, 0.5) is 0 Å². The second-order valence-corrected chi connectivity index (χ2v) is 6.91. The van der Waals surface area contributed by atoms with Gasteiger partial charge in [0.05, 0.1) is 0 Å². The highest BCUT2D eigenvalue weighted by atomic mass is 16.2. The number of piperazine rings is 1. The number of likely N-dealkylation sites (tertiary alicyclic amines) is 1. The maximum Gasteiger partial charge on any atom is 0.245 e. The van der Waals surface area contributed by atoms with E-state index in [-0.39, 0.29) is 23.9 Å². The van der Waals surface area contributed by atoms with Gasteiger partial charge in [-0.2, -0.15) is 0 Å². The molecule has 0 saturated carbocycles. The van der Waals surface area contributed by atoms with Crippen LogP contribution < -0.4 is 5.32 Å². The van der Waals surface area contributed by atoms with E-state index in [4.69, 9.17) is 0 Å². The van der Waals surface area contributed by atoms with Crippen molar-refractivity contribution in [2.45, 2.75) is 52.6 Å². The first-order valence-electron chi connectivity index (χ1n) is 8.25. The first-order valence-corrected chi connectivity index (χ1v) is 8.25. The summed E-state index contributed by atoms with van der Waals surface area (Å²) >= 11 is 0. The predicted molar refractivity (Wildman–Crippen MR) is 82.8 cm³/mol. The normalized spacial score (nSPS) is 31.1. The van der Waals surface area contributed by atoms with E-state index in [1.165, 1.54) is 0 Å². The van der Waals surface area contributed by atoms with Gasteiger partial charge in [0.25, 0.3) is 0 Å². The number of hydrogen-bond acceptors (Lipinski definition) is 3. The third-order valence-electron chi connectivity index (χ3n) is 4.72. The maximum atomic E-state index is 12.7. The predicted octanol–water partition coefficient (Wildman–Crippen LogP) is 1.09. The lowest BCUT2D eigenvalue weighted by atomic mass is 9.97. The standard InChI is InChI=1S/C16H29N3O2/c1-5-18-7-6-13(9-18)10-19-12(4)15(20)17-14(16(19)21)8-11(2)3/h11-14H,5-10H2,1-4H3,(H,17,20). The molecule has 5 heteroatoms. The van der Waals surface area contributed by atoms with Crippen molar-refractivity contribution in [3.8, 4) is 0 Å². The Morgan fingerprint density at radius 3 is 2.62 bits per heavy atom. The summed E-state index contributed by atoms with van der Waals surface area (Å²) in [6.07, 6.45) is 1.85. The summed E-state index contributed by atoms with van der Waals surface area (Å²) in [4.78, 5) is 29.0. The SMILES string of the molecule is CCN1CCC(CN2C(=O)C(CC(C)C)NC(=O)C2C)C1. The van der Waals surface area contributed by atoms with Gasteiger partial charge in [0.2, 0.25) is 11.8 Å². The second-order valence-electron chi connectivity index (χ2n) is 6.91. The molecule has 0 spiro atoms. The van der Waals surface area contributed by atoms with Crippen molar-refractivity contribution in [3.05, 3.63) is 0 Å². The van der Waals surface area contributed by atoms with Gasteiger partial charge in [0.1, 0.15) is 12.1 Å². The molecule has 2 heterocycles. The van der Waals surface area contributed by atoms with Crippen molar-refractivity contribution >= 4 is 11.8 Å². The average molecular weight is 295 g/mol. The molecule has 2 fully saturated rings. The van der Waals surface area contributed by atoms with Crippen LogP contribution in [0.3, 0.4) is 0 Å².